The topological polar surface area (TPSA) is 50.7 Å². The number of hydrazone groups is 1. The molecule has 0 aliphatic heterocycles. The Morgan fingerprint density at radius 1 is 1.23 bits per heavy atom. The summed E-state index contributed by atoms with van der Waals surface area (Å²) in [6, 6.07) is 15.6. The largest absolute Gasteiger partial charge is 0.493 e. The first-order chi connectivity index (χ1) is 12.5. The van der Waals surface area contributed by atoms with Gasteiger partial charge in [-0.3, -0.25) is 4.79 Å². The van der Waals surface area contributed by atoms with E-state index in [1.54, 1.807) is 18.0 Å². The Morgan fingerprint density at radius 2 is 1.96 bits per heavy atom. The van der Waals surface area contributed by atoms with Crippen LogP contribution in [0.3, 0.4) is 0 Å². The van der Waals surface area contributed by atoms with Crippen LogP contribution in [0.5, 0.6) is 5.75 Å². The van der Waals surface area contributed by atoms with Gasteiger partial charge in [-0.15, -0.1) is 11.8 Å². The second kappa shape index (κ2) is 11.0. The maximum absolute atomic E-state index is 11.8. The van der Waals surface area contributed by atoms with Gasteiger partial charge >= 0.3 is 0 Å². The van der Waals surface area contributed by atoms with Gasteiger partial charge in [-0.1, -0.05) is 48.0 Å². The molecule has 2 rings (SSSR count). The highest BCUT2D eigenvalue weighted by molar-refractivity contribution is 9.10. The number of nitrogens with zero attached hydrogens (tertiary/aromatic N) is 1. The van der Waals surface area contributed by atoms with Gasteiger partial charge in [-0.25, -0.2) is 5.43 Å². The van der Waals surface area contributed by atoms with Crippen LogP contribution in [0.1, 0.15) is 25.0 Å². The molecule has 138 valence electrons. The van der Waals surface area contributed by atoms with Crippen molar-refractivity contribution in [1.29, 1.82) is 0 Å². The zero-order valence-corrected chi connectivity index (χ0v) is 17.3. The average Bonchev–Trinajstić information content (AvgIpc) is 2.62. The number of halogens is 1. The normalized spacial score (nSPS) is 11.1. The van der Waals surface area contributed by atoms with Crippen LogP contribution in [0.2, 0.25) is 0 Å². The molecule has 0 bridgehead atoms. The van der Waals surface area contributed by atoms with E-state index in [0.717, 1.165) is 21.5 Å². The summed E-state index contributed by atoms with van der Waals surface area (Å²) in [5.74, 6) is 2.35. The second-order valence-corrected chi connectivity index (χ2v) is 7.99. The van der Waals surface area contributed by atoms with Crippen molar-refractivity contribution in [3.8, 4) is 5.75 Å². The van der Waals surface area contributed by atoms with Gasteiger partial charge in [0.1, 0.15) is 5.75 Å². The van der Waals surface area contributed by atoms with Crippen LogP contribution in [0.25, 0.3) is 0 Å². The van der Waals surface area contributed by atoms with Gasteiger partial charge in [0.25, 0.3) is 0 Å². The quantitative estimate of drug-likeness (QED) is 0.452. The Balaban J connectivity index is 1.70. The number of carbonyl (C=O) groups excluding carboxylic acids is 1. The predicted molar refractivity (Wildman–Crippen MR) is 113 cm³/mol. The van der Waals surface area contributed by atoms with Crippen LogP contribution in [0.15, 0.2) is 58.1 Å². The van der Waals surface area contributed by atoms with E-state index in [4.69, 9.17) is 4.74 Å². The molecule has 0 saturated heterocycles. The lowest BCUT2D eigenvalue weighted by Crippen LogP contribution is -2.19. The van der Waals surface area contributed by atoms with Gasteiger partial charge < -0.3 is 4.74 Å². The van der Waals surface area contributed by atoms with Gasteiger partial charge in [0.2, 0.25) is 5.91 Å². The molecule has 0 fully saturated rings. The molecule has 1 N–H and O–H groups in total. The molecule has 0 spiro atoms. The van der Waals surface area contributed by atoms with E-state index < -0.39 is 0 Å². The minimum absolute atomic E-state index is 0.116. The third-order valence-corrected chi connectivity index (χ3v) is 5.07. The number of hydrogen-bond acceptors (Lipinski definition) is 4. The van der Waals surface area contributed by atoms with Crippen LogP contribution in [-0.4, -0.2) is 24.5 Å². The number of amides is 1. The Kier molecular flexibility index (Phi) is 8.71. The Labute approximate surface area is 167 Å². The summed E-state index contributed by atoms with van der Waals surface area (Å²) in [5.41, 5.74) is 4.63. The zero-order valence-electron chi connectivity index (χ0n) is 14.9. The highest BCUT2D eigenvalue weighted by Gasteiger charge is 2.03. The average molecular weight is 435 g/mol. The van der Waals surface area contributed by atoms with Gasteiger partial charge in [0.15, 0.2) is 0 Å². The molecule has 26 heavy (non-hydrogen) atoms. The number of hydrogen-bond donors (Lipinski definition) is 1. The van der Waals surface area contributed by atoms with Gasteiger partial charge in [-0.05, 0) is 47.4 Å². The van der Waals surface area contributed by atoms with Gasteiger partial charge in [0, 0.05) is 10.2 Å². The van der Waals surface area contributed by atoms with Crippen molar-refractivity contribution in [2.24, 2.45) is 11.0 Å². The molecule has 4 nitrogen and oxygen atoms in total. The fourth-order valence-electron chi connectivity index (χ4n) is 1.99. The molecule has 0 aromatic heterocycles. The first-order valence-corrected chi connectivity index (χ1v) is 10.4. The minimum Gasteiger partial charge on any atom is -0.493 e. The molecule has 6 heteroatoms. The van der Waals surface area contributed by atoms with Crippen LogP contribution in [-0.2, 0) is 10.5 Å². The molecule has 0 atom stereocenters. The van der Waals surface area contributed by atoms with Crippen molar-refractivity contribution >= 4 is 39.8 Å². The summed E-state index contributed by atoms with van der Waals surface area (Å²) in [7, 11) is 0. The molecule has 0 radical (unpaired) electrons. The Morgan fingerprint density at radius 3 is 2.65 bits per heavy atom. The minimum atomic E-state index is -0.116. The fraction of sp³-hybridized carbons (Fsp3) is 0.300. The molecule has 0 saturated carbocycles. The number of rotatable bonds is 9. The first-order valence-electron chi connectivity index (χ1n) is 8.40. The molecule has 0 aliphatic rings. The maximum atomic E-state index is 11.8. The highest BCUT2D eigenvalue weighted by Crippen LogP contribution is 2.21. The van der Waals surface area contributed by atoms with E-state index in [0.29, 0.717) is 18.3 Å². The molecule has 2 aromatic carbocycles. The van der Waals surface area contributed by atoms with Crippen LogP contribution in [0, 0.1) is 5.92 Å². The predicted octanol–water partition coefficient (Wildman–Crippen LogP) is 4.87. The van der Waals surface area contributed by atoms with E-state index in [1.165, 1.54) is 5.56 Å². The Hall–Kier alpha value is -1.79. The Bertz CT molecular complexity index is 733. The van der Waals surface area contributed by atoms with Crippen LogP contribution in [0.4, 0.5) is 0 Å². The molecule has 1 amide bonds. The number of thioether (sulfide) groups is 1. The van der Waals surface area contributed by atoms with E-state index in [2.05, 4.69) is 40.3 Å². The number of carbonyl (C=O) groups is 1. The number of benzene rings is 2. The SMILES string of the molecule is CC(C)COc1ccc(C=NNC(=O)CSCc2ccccc2Br)cc1. The summed E-state index contributed by atoms with van der Waals surface area (Å²) in [5, 5.41) is 4.00. The number of ether oxygens (including phenoxy) is 1. The highest BCUT2D eigenvalue weighted by atomic mass is 79.9. The van der Waals surface area contributed by atoms with Crippen molar-refractivity contribution in [2.45, 2.75) is 19.6 Å². The maximum Gasteiger partial charge on any atom is 0.250 e. The smallest absolute Gasteiger partial charge is 0.250 e. The molecule has 0 heterocycles. The van der Waals surface area contributed by atoms with Gasteiger partial charge in [-0.2, -0.15) is 5.10 Å². The van der Waals surface area contributed by atoms with E-state index in [-0.39, 0.29) is 5.91 Å². The van der Waals surface area contributed by atoms with Gasteiger partial charge in [0.05, 0.1) is 18.6 Å². The van der Waals surface area contributed by atoms with Crippen molar-refractivity contribution in [3.05, 3.63) is 64.1 Å². The molecule has 0 aliphatic carbocycles. The van der Waals surface area contributed by atoms with Crippen LogP contribution < -0.4 is 10.2 Å². The summed E-state index contributed by atoms with van der Waals surface area (Å²) in [6.07, 6.45) is 1.63. The standard InChI is InChI=1S/C20H23BrN2O2S/c1-15(2)12-25-18-9-7-16(8-10-18)11-22-23-20(24)14-26-13-17-5-3-4-6-19(17)21/h3-11,15H,12-14H2,1-2H3,(H,23,24). The molecular weight excluding hydrogens is 412 g/mol. The molecule has 0 unspecified atom stereocenters. The van der Waals surface area contributed by atoms with E-state index >= 15 is 0 Å². The third kappa shape index (κ3) is 7.62. The van der Waals surface area contributed by atoms with Crippen LogP contribution >= 0.6 is 27.7 Å². The van der Waals surface area contributed by atoms with E-state index in [1.807, 2.05) is 48.5 Å². The van der Waals surface area contributed by atoms with Crippen molar-refractivity contribution < 1.29 is 9.53 Å². The summed E-state index contributed by atoms with van der Waals surface area (Å²) in [6.45, 7) is 4.92. The zero-order chi connectivity index (χ0) is 18.8. The number of nitrogens with one attached hydrogen (secondary N) is 1. The molecule has 2 aromatic rings. The lowest BCUT2D eigenvalue weighted by Gasteiger charge is -2.08. The lowest BCUT2D eigenvalue weighted by atomic mass is 10.2. The summed E-state index contributed by atoms with van der Waals surface area (Å²) < 4.78 is 6.70. The first kappa shape index (κ1) is 20.5. The lowest BCUT2D eigenvalue weighted by molar-refractivity contribution is -0.118. The molecular formula is C20H23BrN2O2S. The van der Waals surface area contributed by atoms with Crippen molar-refractivity contribution in [1.82, 2.24) is 5.43 Å². The monoisotopic (exact) mass is 434 g/mol. The fourth-order valence-corrected chi connectivity index (χ4v) is 3.43. The third-order valence-electron chi connectivity index (χ3n) is 3.31. The van der Waals surface area contributed by atoms with E-state index in [9.17, 15) is 4.79 Å². The summed E-state index contributed by atoms with van der Waals surface area (Å²) >= 11 is 5.06. The van der Waals surface area contributed by atoms with Crippen molar-refractivity contribution in [2.75, 3.05) is 12.4 Å². The second-order valence-electron chi connectivity index (χ2n) is 6.15. The summed E-state index contributed by atoms with van der Waals surface area (Å²) in [4.78, 5) is 11.8. The van der Waals surface area contributed by atoms with Crippen molar-refractivity contribution in [3.63, 3.8) is 0 Å².